The highest BCUT2D eigenvalue weighted by Crippen LogP contribution is 2.37. The molecule has 3 heteroatoms. The summed E-state index contributed by atoms with van der Waals surface area (Å²) < 4.78 is 0. The van der Waals surface area contributed by atoms with Crippen molar-refractivity contribution < 1.29 is 15.0 Å². The van der Waals surface area contributed by atoms with E-state index in [9.17, 15) is 15.0 Å². The van der Waals surface area contributed by atoms with Crippen LogP contribution in [0.5, 0.6) is 11.5 Å². The van der Waals surface area contributed by atoms with Gasteiger partial charge in [-0.2, -0.15) is 0 Å². The number of carbonyl (C=O) groups is 1. The molecule has 0 saturated carbocycles. The van der Waals surface area contributed by atoms with Gasteiger partial charge in [-0.1, -0.05) is 12.2 Å². The van der Waals surface area contributed by atoms with Crippen LogP contribution in [0.1, 0.15) is 42.3 Å². The lowest BCUT2D eigenvalue weighted by Gasteiger charge is -2.16. The Hall–Kier alpha value is -2.03. The Labute approximate surface area is 107 Å². The second-order valence-electron chi connectivity index (χ2n) is 4.55. The van der Waals surface area contributed by atoms with Gasteiger partial charge in [0.1, 0.15) is 11.5 Å². The van der Waals surface area contributed by atoms with E-state index >= 15 is 0 Å². The van der Waals surface area contributed by atoms with E-state index in [-0.39, 0.29) is 17.1 Å². The quantitative estimate of drug-likeness (QED) is 0.633. The summed E-state index contributed by atoms with van der Waals surface area (Å²) in [4.78, 5) is 11.1. The lowest BCUT2D eigenvalue weighted by molar-refractivity contribution is 0.112. The van der Waals surface area contributed by atoms with Crippen LogP contribution in [0.15, 0.2) is 23.8 Å². The van der Waals surface area contributed by atoms with Crippen molar-refractivity contribution in [2.45, 2.75) is 27.7 Å². The summed E-state index contributed by atoms with van der Waals surface area (Å²) in [5, 5.41) is 19.5. The number of aromatic hydroxyl groups is 2. The van der Waals surface area contributed by atoms with Crippen LogP contribution in [0.3, 0.4) is 0 Å². The van der Waals surface area contributed by atoms with Crippen LogP contribution in [0.4, 0.5) is 0 Å². The van der Waals surface area contributed by atoms with Crippen LogP contribution in [0.2, 0.25) is 0 Å². The summed E-state index contributed by atoms with van der Waals surface area (Å²) >= 11 is 0. The second kappa shape index (κ2) is 5.08. The molecule has 1 rings (SSSR count). The molecular formula is C15H18O3. The molecule has 1 aromatic carbocycles. The van der Waals surface area contributed by atoms with Crippen molar-refractivity contribution in [3.05, 3.63) is 40.5 Å². The average molecular weight is 246 g/mol. The Kier molecular flexibility index (Phi) is 3.96. The normalized spacial score (nSPS) is 10.0. The molecule has 0 spiro atoms. The molecule has 18 heavy (non-hydrogen) atoms. The van der Waals surface area contributed by atoms with E-state index < -0.39 is 0 Å². The van der Waals surface area contributed by atoms with Gasteiger partial charge in [-0.25, -0.2) is 0 Å². The van der Waals surface area contributed by atoms with Crippen LogP contribution < -0.4 is 0 Å². The van der Waals surface area contributed by atoms with Gasteiger partial charge in [0, 0.05) is 11.6 Å². The fourth-order valence-electron chi connectivity index (χ4n) is 1.77. The summed E-state index contributed by atoms with van der Waals surface area (Å²) in [5.74, 6) is -0.276. The van der Waals surface area contributed by atoms with Crippen molar-refractivity contribution in [2.75, 3.05) is 0 Å². The van der Waals surface area contributed by atoms with E-state index in [1.807, 2.05) is 20.8 Å². The molecule has 0 heterocycles. The Morgan fingerprint density at radius 2 is 1.78 bits per heavy atom. The Morgan fingerprint density at radius 1 is 1.22 bits per heavy atom. The van der Waals surface area contributed by atoms with Crippen molar-refractivity contribution in [1.29, 1.82) is 0 Å². The molecule has 0 bridgehead atoms. The zero-order valence-electron chi connectivity index (χ0n) is 11.2. The third-order valence-corrected chi connectivity index (χ3v) is 3.20. The Morgan fingerprint density at radius 3 is 2.22 bits per heavy atom. The molecule has 0 saturated heterocycles. The van der Waals surface area contributed by atoms with Crippen molar-refractivity contribution in [3.63, 3.8) is 0 Å². The zero-order valence-corrected chi connectivity index (χ0v) is 11.2. The molecule has 3 nitrogen and oxygen atoms in total. The molecule has 0 aliphatic rings. The van der Waals surface area contributed by atoms with Gasteiger partial charge in [-0.15, -0.1) is 0 Å². The van der Waals surface area contributed by atoms with Crippen LogP contribution >= 0.6 is 0 Å². The maximum atomic E-state index is 11.1. The predicted octanol–water partition coefficient (Wildman–Crippen LogP) is 3.59. The minimum atomic E-state index is -0.231. The number of rotatable bonds is 3. The molecule has 0 unspecified atom stereocenters. The molecule has 0 amide bonds. The van der Waals surface area contributed by atoms with Crippen molar-refractivity contribution >= 4 is 11.9 Å². The van der Waals surface area contributed by atoms with Gasteiger partial charge in [0.2, 0.25) is 0 Å². The second-order valence-corrected chi connectivity index (χ2v) is 4.55. The Bertz CT molecular complexity index is 547. The summed E-state index contributed by atoms with van der Waals surface area (Å²) in [6, 6.07) is 1.17. The van der Waals surface area contributed by atoms with Crippen LogP contribution in [0.25, 0.3) is 5.57 Å². The van der Waals surface area contributed by atoms with Gasteiger partial charge >= 0.3 is 0 Å². The van der Waals surface area contributed by atoms with Crippen LogP contribution in [-0.4, -0.2) is 16.5 Å². The molecule has 96 valence electrons. The van der Waals surface area contributed by atoms with E-state index in [0.29, 0.717) is 23.0 Å². The molecule has 0 atom stereocenters. The van der Waals surface area contributed by atoms with Gasteiger partial charge in [-0.05, 0) is 44.4 Å². The minimum Gasteiger partial charge on any atom is -0.508 e. The monoisotopic (exact) mass is 246 g/mol. The molecular weight excluding hydrogens is 228 g/mol. The highest BCUT2D eigenvalue weighted by atomic mass is 16.3. The number of carbonyl (C=O) groups excluding carboxylic acids is 1. The minimum absolute atomic E-state index is 0.0455. The maximum Gasteiger partial charge on any atom is 0.154 e. The van der Waals surface area contributed by atoms with Gasteiger partial charge in [-0.3, -0.25) is 4.79 Å². The number of hydrogen-bond donors (Lipinski definition) is 2. The highest BCUT2D eigenvalue weighted by molar-refractivity contribution is 5.94. The number of aldehydes is 1. The number of phenolic OH excluding ortho intramolecular Hbond substituents is 2. The molecule has 0 aromatic heterocycles. The lowest BCUT2D eigenvalue weighted by Crippen LogP contribution is -1.98. The van der Waals surface area contributed by atoms with Gasteiger partial charge in [0.15, 0.2) is 6.29 Å². The van der Waals surface area contributed by atoms with Crippen molar-refractivity contribution in [2.24, 2.45) is 0 Å². The van der Waals surface area contributed by atoms with E-state index in [1.54, 1.807) is 6.92 Å². The first-order valence-corrected chi connectivity index (χ1v) is 5.65. The average Bonchev–Trinajstić information content (AvgIpc) is 2.31. The third-order valence-electron chi connectivity index (χ3n) is 3.20. The number of allylic oxidation sites excluding steroid dienone is 3. The smallest absolute Gasteiger partial charge is 0.154 e. The predicted molar refractivity (Wildman–Crippen MR) is 73.0 cm³/mol. The first-order chi connectivity index (χ1) is 8.31. The highest BCUT2D eigenvalue weighted by Gasteiger charge is 2.17. The largest absolute Gasteiger partial charge is 0.508 e. The summed E-state index contributed by atoms with van der Waals surface area (Å²) in [5.41, 5.74) is 3.85. The Balaban J connectivity index is 3.63. The van der Waals surface area contributed by atoms with Crippen molar-refractivity contribution in [1.82, 2.24) is 0 Å². The SMILES string of the molecule is C=C(C(C)=C(C)C)c1c(C)c(O)cc(O)c1C=O. The maximum absolute atomic E-state index is 11.1. The fourth-order valence-corrected chi connectivity index (χ4v) is 1.77. The molecule has 0 radical (unpaired) electrons. The molecule has 0 aliphatic heterocycles. The van der Waals surface area contributed by atoms with E-state index in [4.69, 9.17) is 0 Å². The molecule has 0 aliphatic carbocycles. The number of phenols is 2. The van der Waals surface area contributed by atoms with Crippen molar-refractivity contribution in [3.8, 4) is 11.5 Å². The summed E-state index contributed by atoms with van der Waals surface area (Å²) in [7, 11) is 0. The lowest BCUT2D eigenvalue weighted by atomic mass is 9.89. The fraction of sp³-hybridized carbons (Fsp3) is 0.267. The van der Waals surface area contributed by atoms with Gasteiger partial charge in [0.25, 0.3) is 0 Å². The number of benzene rings is 1. The standard InChI is InChI=1S/C15H18O3/c1-8(2)9(3)10(4)15-11(5)13(17)6-14(18)12(15)7-16/h6-7,17-18H,4H2,1-3,5H3. The first-order valence-electron chi connectivity index (χ1n) is 5.65. The topological polar surface area (TPSA) is 57.5 Å². The van der Waals surface area contributed by atoms with E-state index in [2.05, 4.69) is 6.58 Å². The summed E-state index contributed by atoms with van der Waals surface area (Å²) in [6.45, 7) is 11.4. The number of hydrogen-bond acceptors (Lipinski definition) is 3. The van der Waals surface area contributed by atoms with E-state index in [0.717, 1.165) is 11.1 Å². The van der Waals surface area contributed by atoms with Gasteiger partial charge < -0.3 is 10.2 Å². The summed E-state index contributed by atoms with van der Waals surface area (Å²) in [6.07, 6.45) is 0.584. The van der Waals surface area contributed by atoms with Crippen LogP contribution in [-0.2, 0) is 0 Å². The van der Waals surface area contributed by atoms with Crippen LogP contribution in [0, 0.1) is 6.92 Å². The first kappa shape index (κ1) is 14.0. The van der Waals surface area contributed by atoms with E-state index in [1.165, 1.54) is 6.07 Å². The zero-order chi connectivity index (χ0) is 14.0. The third kappa shape index (κ3) is 2.30. The molecule has 1 aromatic rings. The van der Waals surface area contributed by atoms with Gasteiger partial charge in [0.05, 0.1) is 5.56 Å². The molecule has 0 fully saturated rings. The molecule has 2 N–H and O–H groups in total.